The summed E-state index contributed by atoms with van der Waals surface area (Å²) in [5, 5.41) is 6.92. The minimum Gasteiger partial charge on any atom is -0.396 e. The quantitative estimate of drug-likeness (QED) is 0.514. The van der Waals surface area contributed by atoms with Crippen molar-refractivity contribution in [1.29, 1.82) is 0 Å². The molecule has 0 bridgehead atoms. The van der Waals surface area contributed by atoms with Crippen LogP contribution < -0.4 is 5.32 Å². The molecule has 0 aliphatic carbocycles. The van der Waals surface area contributed by atoms with Crippen LogP contribution in [0.15, 0.2) is 66.1 Å². The molecule has 0 radical (unpaired) electrons. The van der Waals surface area contributed by atoms with E-state index in [0.29, 0.717) is 12.2 Å². The lowest BCUT2D eigenvalue weighted by Gasteiger charge is -2.11. The van der Waals surface area contributed by atoms with E-state index in [-0.39, 0.29) is 5.91 Å². The first-order valence-electron chi connectivity index (χ1n) is 8.87. The Hall–Kier alpha value is -3.34. The van der Waals surface area contributed by atoms with Crippen LogP contribution in [0.5, 0.6) is 0 Å². The molecule has 138 valence electrons. The highest BCUT2D eigenvalue weighted by Gasteiger charge is 2.13. The van der Waals surface area contributed by atoms with E-state index in [0.717, 1.165) is 27.9 Å². The molecule has 0 aliphatic rings. The van der Waals surface area contributed by atoms with Crippen molar-refractivity contribution in [3.63, 3.8) is 0 Å². The number of oxime groups is 1. The minimum atomic E-state index is -0.110. The zero-order chi connectivity index (χ0) is 19.2. The van der Waals surface area contributed by atoms with Gasteiger partial charge >= 0.3 is 0 Å². The van der Waals surface area contributed by atoms with Gasteiger partial charge in [0.1, 0.15) is 6.61 Å². The molecule has 0 spiro atoms. The Balaban J connectivity index is 1.83. The minimum absolute atomic E-state index is 0.110. The number of hydrogen-bond acceptors (Lipinski definition) is 3. The van der Waals surface area contributed by atoms with E-state index in [9.17, 15) is 4.79 Å². The summed E-state index contributed by atoms with van der Waals surface area (Å²) < 4.78 is 1.89. The molecule has 3 rings (SSSR count). The van der Waals surface area contributed by atoms with Crippen molar-refractivity contribution in [3.8, 4) is 11.1 Å². The number of aryl methyl sites for hydroxylation is 2. The fourth-order valence-electron chi connectivity index (χ4n) is 2.91. The number of carbonyl (C=O) groups is 1. The molecule has 0 saturated heterocycles. The average Bonchev–Trinajstić information content (AvgIpc) is 3.01. The molecule has 1 heterocycles. The number of aromatic nitrogens is 1. The van der Waals surface area contributed by atoms with Gasteiger partial charge in [0.2, 0.25) is 0 Å². The van der Waals surface area contributed by atoms with Crippen LogP contribution in [-0.2, 0) is 11.9 Å². The summed E-state index contributed by atoms with van der Waals surface area (Å²) in [6, 6.07) is 15.7. The zero-order valence-electron chi connectivity index (χ0n) is 15.8. The molecule has 3 aromatic rings. The van der Waals surface area contributed by atoms with E-state index in [1.54, 1.807) is 6.21 Å². The van der Waals surface area contributed by atoms with Gasteiger partial charge < -0.3 is 14.7 Å². The molecule has 1 N–H and O–H groups in total. The number of rotatable bonds is 6. The Bertz CT molecular complexity index is 956. The molecule has 1 amide bonds. The number of benzene rings is 2. The van der Waals surface area contributed by atoms with E-state index >= 15 is 0 Å². The predicted molar refractivity (Wildman–Crippen MR) is 109 cm³/mol. The van der Waals surface area contributed by atoms with Gasteiger partial charge in [-0.15, -0.1) is 0 Å². The maximum atomic E-state index is 12.7. The van der Waals surface area contributed by atoms with Crippen LogP contribution in [0.25, 0.3) is 11.1 Å². The summed E-state index contributed by atoms with van der Waals surface area (Å²) >= 11 is 0. The lowest BCUT2D eigenvalue weighted by atomic mass is 10.0. The van der Waals surface area contributed by atoms with E-state index in [1.807, 2.05) is 86.4 Å². The second kappa shape index (κ2) is 8.36. The van der Waals surface area contributed by atoms with Crippen LogP contribution in [-0.4, -0.2) is 23.3 Å². The highest BCUT2D eigenvalue weighted by Crippen LogP contribution is 2.28. The fourth-order valence-corrected chi connectivity index (χ4v) is 2.91. The van der Waals surface area contributed by atoms with Gasteiger partial charge in [0.05, 0.1) is 11.8 Å². The third kappa shape index (κ3) is 4.44. The summed E-state index contributed by atoms with van der Waals surface area (Å²) in [4.78, 5) is 17.7. The number of carbonyl (C=O) groups excluding carboxylic acids is 1. The average molecular weight is 361 g/mol. The standard InChI is InChI=1S/C22H23N3O2/c1-4-27-23-13-17-9-11-18(12-10-17)19-7-5-6-8-21(19)24-22(26)20-15-25(3)14-16(20)2/h5-15H,4H2,1-3H3,(H,24,26)/b23-13+. The van der Waals surface area contributed by atoms with Crippen LogP contribution in [0.1, 0.15) is 28.4 Å². The Labute approximate surface area is 159 Å². The smallest absolute Gasteiger partial charge is 0.257 e. The summed E-state index contributed by atoms with van der Waals surface area (Å²) in [5.41, 5.74) is 5.34. The third-order valence-corrected chi connectivity index (χ3v) is 4.20. The molecule has 5 nitrogen and oxygen atoms in total. The second-order valence-electron chi connectivity index (χ2n) is 6.29. The number of anilines is 1. The van der Waals surface area contributed by atoms with Crippen molar-refractivity contribution in [2.45, 2.75) is 13.8 Å². The molecule has 1 aromatic heterocycles. The monoisotopic (exact) mass is 361 g/mol. The van der Waals surface area contributed by atoms with Crippen molar-refractivity contribution >= 4 is 17.8 Å². The normalized spacial score (nSPS) is 10.9. The summed E-state index contributed by atoms with van der Waals surface area (Å²) in [6.07, 6.45) is 5.45. The molecule has 0 atom stereocenters. The molecule has 0 unspecified atom stereocenters. The van der Waals surface area contributed by atoms with Gasteiger partial charge in [0, 0.05) is 30.7 Å². The summed E-state index contributed by atoms with van der Waals surface area (Å²) in [6.45, 7) is 4.37. The van der Waals surface area contributed by atoms with Gasteiger partial charge in [-0.3, -0.25) is 4.79 Å². The number of amides is 1. The maximum absolute atomic E-state index is 12.7. The predicted octanol–water partition coefficient (Wildman–Crippen LogP) is 4.62. The lowest BCUT2D eigenvalue weighted by molar-refractivity contribution is 0.102. The van der Waals surface area contributed by atoms with Crippen LogP contribution >= 0.6 is 0 Å². The molecule has 0 fully saturated rings. The highest BCUT2D eigenvalue weighted by atomic mass is 16.6. The molecule has 0 saturated carbocycles. The van der Waals surface area contributed by atoms with Crippen molar-refractivity contribution in [2.75, 3.05) is 11.9 Å². The van der Waals surface area contributed by atoms with Gasteiger partial charge in [-0.2, -0.15) is 0 Å². The van der Waals surface area contributed by atoms with Crippen molar-refractivity contribution in [1.82, 2.24) is 4.57 Å². The first-order chi connectivity index (χ1) is 13.1. The first kappa shape index (κ1) is 18.5. The largest absolute Gasteiger partial charge is 0.396 e. The molecular weight excluding hydrogens is 338 g/mol. The molecular formula is C22H23N3O2. The molecule has 0 aliphatic heterocycles. The van der Waals surface area contributed by atoms with Crippen LogP contribution in [0.3, 0.4) is 0 Å². The summed E-state index contributed by atoms with van der Waals surface area (Å²) in [5.74, 6) is -0.110. The SMILES string of the molecule is CCO/N=C/c1ccc(-c2ccccc2NC(=O)c2cn(C)cc2C)cc1. The second-order valence-corrected chi connectivity index (χ2v) is 6.29. The third-order valence-electron chi connectivity index (χ3n) is 4.20. The number of hydrogen-bond donors (Lipinski definition) is 1. The number of para-hydroxylation sites is 1. The van der Waals surface area contributed by atoms with E-state index in [1.165, 1.54) is 0 Å². The van der Waals surface area contributed by atoms with Gasteiger partial charge in [-0.1, -0.05) is 47.6 Å². The van der Waals surface area contributed by atoms with Gasteiger partial charge in [0.15, 0.2) is 0 Å². The van der Waals surface area contributed by atoms with Crippen LogP contribution in [0.4, 0.5) is 5.69 Å². The maximum Gasteiger partial charge on any atom is 0.257 e. The van der Waals surface area contributed by atoms with Gasteiger partial charge in [-0.05, 0) is 36.6 Å². The Kier molecular flexibility index (Phi) is 5.71. The first-order valence-corrected chi connectivity index (χ1v) is 8.87. The van der Waals surface area contributed by atoms with Gasteiger partial charge in [0.25, 0.3) is 5.91 Å². The zero-order valence-corrected chi connectivity index (χ0v) is 15.8. The van der Waals surface area contributed by atoms with Crippen molar-refractivity contribution in [3.05, 3.63) is 77.6 Å². The van der Waals surface area contributed by atoms with Crippen LogP contribution in [0.2, 0.25) is 0 Å². The molecule has 2 aromatic carbocycles. The highest BCUT2D eigenvalue weighted by molar-refractivity contribution is 6.07. The fraction of sp³-hybridized carbons (Fsp3) is 0.182. The van der Waals surface area contributed by atoms with Crippen LogP contribution in [0, 0.1) is 6.92 Å². The van der Waals surface area contributed by atoms with E-state index in [2.05, 4.69) is 10.5 Å². The molecule has 5 heteroatoms. The van der Waals surface area contributed by atoms with E-state index in [4.69, 9.17) is 4.84 Å². The molecule has 27 heavy (non-hydrogen) atoms. The number of nitrogens with zero attached hydrogens (tertiary/aromatic N) is 2. The summed E-state index contributed by atoms with van der Waals surface area (Å²) in [7, 11) is 1.91. The van der Waals surface area contributed by atoms with Gasteiger partial charge in [-0.25, -0.2) is 0 Å². The van der Waals surface area contributed by atoms with Crippen molar-refractivity contribution < 1.29 is 9.63 Å². The Morgan fingerprint density at radius 3 is 2.56 bits per heavy atom. The lowest BCUT2D eigenvalue weighted by Crippen LogP contribution is -2.13. The number of nitrogens with one attached hydrogen (secondary N) is 1. The Morgan fingerprint density at radius 2 is 1.89 bits per heavy atom. The van der Waals surface area contributed by atoms with E-state index < -0.39 is 0 Å². The Morgan fingerprint density at radius 1 is 1.15 bits per heavy atom. The van der Waals surface area contributed by atoms with Crippen molar-refractivity contribution in [2.24, 2.45) is 12.2 Å². The topological polar surface area (TPSA) is 55.6 Å².